The topological polar surface area (TPSA) is 135 Å². The number of hydrogen-bond donors (Lipinski definition) is 3. The predicted molar refractivity (Wildman–Crippen MR) is 134 cm³/mol. The molecule has 1 aromatic carbocycles. The van der Waals surface area contributed by atoms with Crippen LogP contribution in [0.2, 0.25) is 0 Å². The van der Waals surface area contributed by atoms with E-state index in [0.29, 0.717) is 23.6 Å². The van der Waals surface area contributed by atoms with Crippen LogP contribution in [-0.4, -0.2) is 39.5 Å². The highest BCUT2D eigenvalue weighted by molar-refractivity contribution is 5.86. The summed E-state index contributed by atoms with van der Waals surface area (Å²) in [5, 5.41) is 13.6. The Kier molecular flexibility index (Phi) is 4.76. The lowest BCUT2D eigenvalue weighted by Gasteiger charge is -2.38. The second-order valence-electron chi connectivity index (χ2n) is 9.41. The molecular formula is C26H22FN9O2. The molecule has 0 fully saturated rings. The third-order valence-electron chi connectivity index (χ3n) is 7.05. The molecule has 0 saturated carbocycles. The first-order valence-corrected chi connectivity index (χ1v) is 12.0. The maximum atomic E-state index is 13.4. The van der Waals surface area contributed by atoms with Crippen LogP contribution in [0.15, 0.2) is 70.4 Å². The Balaban J connectivity index is 1.46. The van der Waals surface area contributed by atoms with Crippen LogP contribution in [0.4, 0.5) is 4.39 Å². The lowest BCUT2D eigenvalue weighted by Crippen LogP contribution is -2.51. The smallest absolute Gasteiger partial charge is 0.389 e. The molecule has 11 nitrogen and oxygen atoms in total. The maximum Gasteiger partial charge on any atom is 0.436 e. The third-order valence-corrected chi connectivity index (χ3v) is 7.05. The Morgan fingerprint density at radius 3 is 2.74 bits per heavy atom. The zero-order chi connectivity index (χ0) is 26.0. The Bertz CT molecular complexity index is 1860. The highest BCUT2D eigenvalue weighted by Gasteiger charge is 2.51. The zero-order valence-corrected chi connectivity index (χ0v) is 20.4. The van der Waals surface area contributed by atoms with E-state index in [2.05, 4.69) is 36.5 Å². The van der Waals surface area contributed by atoms with Crippen LogP contribution in [0.3, 0.4) is 0 Å². The standard InChI is InChI=1S/C26H22FN9O2/c1-35-13-14(10-30-35)26(24-34-36(2)25(37)38-24)22-17(16-5-3-4-6-18(16)31-22)9-20(33-26)23-29-12-21(32-23)19-8-7-15(27)11-28-19/h3-8,10-13,20,31,33H,9H2,1-2H3,(H,29,32)/t20-,26?/m1/s1. The normalized spacial score (nSPS) is 19.2. The van der Waals surface area contributed by atoms with Gasteiger partial charge in [-0.15, -0.1) is 5.10 Å². The van der Waals surface area contributed by atoms with Crippen molar-refractivity contribution < 1.29 is 8.81 Å². The van der Waals surface area contributed by atoms with Gasteiger partial charge >= 0.3 is 5.76 Å². The second-order valence-corrected chi connectivity index (χ2v) is 9.41. The molecule has 5 aromatic heterocycles. The minimum atomic E-state index is -1.17. The van der Waals surface area contributed by atoms with Crippen molar-refractivity contribution in [3.05, 3.63) is 106 Å². The van der Waals surface area contributed by atoms with E-state index in [1.807, 2.05) is 31.4 Å². The SMILES string of the molecule is Cn1cc(C2(c3nn(C)c(=O)o3)N[C@@H](c3nc(-c4ccc(F)cn4)c[nH]3)Cc3c2[nH]c2ccccc32)cn1. The fourth-order valence-electron chi connectivity index (χ4n) is 5.29. The monoisotopic (exact) mass is 511 g/mol. The number of fused-ring (bicyclic) bond motifs is 3. The Morgan fingerprint density at radius 1 is 1.13 bits per heavy atom. The number of aromatic nitrogens is 8. The highest BCUT2D eigenvalue weighted by Crippen LogP contribution is 2.45. The first kappa shape index (κ1) is 22.4. The van der Waals surface area contributed by atoms with E-state index in [1.54, 1.807) is 30.2 Å². The van der Waals surface area contributed by atoms with Gasteiger partial charge in [-0.25, -0.2) is 14.2 Å². The molecule has 0 saturated heterocycles. The lowest BCUT2D eigenvalue weighted by atomic mass is 9.79. The molecule has 1 aliphatic heterocycles. The summed E-state index contributed by atoms with van der Waals surface area (Å²) in [5.74, 6) is -0.160. The van der Waals surface area contributed by atoms with Gasteiger partial charge in [0.15, 0.2) is 5.54 Å². The molecule has 12 heteroatoms. The van der Waals surface area contributed by atoms with Crippen molar-refractivity contribution >= 4 is 10.9 Å². The molecule has 1 aliphatic rings. The van der Waals surface area contributed by atoms with E-state index >= 15 is 0 Å². The van der Waals surface area contributed by atoms with Crippen molar-refractivity contribution in [2.75, 3.05) is 0 Å². The number of imidazole rings is 1. The summed E-state index contributed by atoms with van der Waals surface area (Å²) in [4.78, 5) is 28.3. The van der Waals surface area contributed by atoms with Crippen LogP contribution in [-0.2, 0) is 26.1 Å². The van der Waals surface area contributed by atoms with Gasteiger partial charge in [0.05, 0.1) is 29.8 Å². The van der Waals surface area contributed by atoms with Gasteiger partial charge < -0.3 is 14.4 Å². The van der Waals surface area contributed by atoms with Crippen molar-refractivity contribution in [1.82, 2.24) is 44.8 Å². The Morgan fingerprint density at radius 2 is 2.00 bits per heavy atom. The Labute approximate surface area is 214 Å². The van der Waals surface area contributed by atoms with Gasteiger partial charge in [0, 0.05) is 43.0 Å². The molecule has 0 spiro atoms. The number of H-pyrrole nitrogens is 2. The Hall–Kier alpha value is -4.84. The fourth-order valence-corrected chi connectivity index (χ4v) is 5.29. The minimum Gasteiger partial charge on any atom is -0.389 e. The first-order valence-electron chi connectivity index (χ1n) is 12.0. The fraction of sp³-hybridized carbons (Fsp3) is 0.192. The number of para-hydroxylation sites is 1. The van der Waals surface area contributed by atoms with Gasteiger partial charge in [-0.3, -0.25) is 15.0 Å². The van der Waals surface area contributed by atoms with E-state index in [-0.39, 0.29) is 11.9 Å². The van der Waals surface area contributed by atoms with E-state index in [1.165, 1.54) is 10.7 Å². The number of halogens is 1. The number of benzene rings is 1. The van der Waals surface area contributed by atoms with Gasteiger partial charge in [-0.05, 0) is 30.2 Å². The molecule has 7 rings (SSSR count). The molecule has 0 aliphatic carbocycles. The molecule has 3 N–H and O–H groups in total. The van der Waals surface area contributed by atoms with Crippen LogP contribution >= 0.6 is 0 Å². The van der Waals surface area contributed by atoms with Crippen molar-refractivity contribution in [2.24, 2.45) is 14.1 Å². The summed E-state index contributed by atoms with van der Waals surface area (Å²) in [6, 6.07) is 10.6. The molecule has 6 heterocycles. The summed E-state index contributed by atoms with van der Waals surface area (Å²) in [6.07, 6.45) is 7.10. The van der Waals surface area contributed by atoms with Gasteiger partial charge in [-0.1, -0.05) is 18.2 Å². The van der Waals surface area contributed by atoms with Crippen LogP contribution in [0.5, 0.6) is 0 Å². The van der Waals surface area contributed by atoms with E-state index < -0.39 is 17.1 Å². The van der Waals surface area contributed by atoms with Gasteiger partial charge in [0.1, 0.15) is 17.3 Å². The van der Waals surface area contributed by atoms with Crippen molar-refractivity contribution in [3.63, 3.8) is 0 Å². The average Bonchev–Trinajstić information content (AvgIpc) is 3.71. The third kappa shape index (κ3) is 3.27. The minimum absolute atomic E-state index is 0.183. The van der Waals surface area contributed by atoms with E-state index in [9.17, 15) is 9.18 Å². The molecule has 1 unspecified atom stereocenters. The molecule has 0 bridgehead atoms. The van der Waals surface area contributed by atoms with Gasteiger partial charge in [0.2, 0.25) is 5.89 Å². The van der Waals surface area contributed by atoms with Crippen LogP contribution in [0.1, 0.15) is 34.6 Å². The number of nitrogens with zero attached hydrogens (tertiary/aromatic N) is 6. The second kappa shape index (κ2) is 8.08. The van der Waals surface area contributed by atoms with E-state index in [4.69, 9.17) is 9.40 Å². The highest BCUT2D eigenvalue weighted by atomic mass is 19.1. The van der Waals surface area contributed by atoms with Crippen molar-refractivity contribution in [2.45, 2.75) is 18.0 Å². The van der Waals surface area contributed by atoms with Crippen molar-refractivity contribution in [1.29, 1.82) is 0 Å². The quantitative estimate of drug-likeness (QED) is 0.331. The van der Waals surface area contributed by atoms with Crippen LogP contribution in [0, 0.1) is 5.82 Å². The molecule has 2 atom stereocenters. The molecule has 6 aromatic rings. The van der Waals surface area contributed by atoms with E-state index in [0.717, 1.165) is 33.9 Å². The summed E-state index contributed by atoms with van der Waals surface area (Å²) in [6.45, 7) is 0. The average molecular weight is 512 g/mol. The largest absolute Gasteiger partial charge is 0.436 e. The van der Waals surface area contributed by atoms with Crippen molar-refractivity contribution in [3.8, 4) is 11.4 Å². The van der Waals surface area contributed by atoms with Crippen LogP contribution < -0.4 is 11.1 Å². The maximum absolute atomic E-state index is 13.4. The number of pyridine rings is 1. The first-order chi connectivity index (χ1) is 18.4. The van der Waals surface area contributed by atoms with Gasteiger partial charge in [-0.2, -0.15) is 9.78 Å². The van der Waals surface area contributed by atoms with Crippen LogP contribution in [0.25, 0.3) is 22.3 Å². The predicted octanol–water partition coefficient (Wildman–Crippen LogP) is 2.69. The lowest BCUT2D eigenvalue weighted by molar-refractivity contribution is 0.284. The molecular weight excluding hydrogens is 489 g/mol. The summed E-state index contributed by atoms with van der Waals surface area (Å²) in [7, 11) is 3.37. The number of nitrogens with one attached hydrogen (secondary N) is 3. The number of rotatable bonds is 4. The summed E-state index contributed by atoms with van der Waals surface area (Å²) >= 11 is 0. The number of aryl methyl sites for hydroxylation is 2. The molecule has 0 amide bonds. The zero-order valence-electron chi connectivity index (χ0n) is 20.4. The van der Waals surface area contributed by atoms with Gasteiger partial charge in [0.25, 0.3) is 0 Å². The number of aromatic amines is 2. The molecule has 38 heavy (non-hydrogen) atoms. The molecule has 190 valence electrons. The number of hydrogen-bond acceptors (Lipinski definition) is 7. The summed E-state index contributed by atoms with van der Waals surface area (Å²) in [5.41, 5.74) is 3.51. The summed E-state index contributed by atoms with van der Waals surface area (Å²) < 4.78 is 22.0. The molecule has 0 radical (unpaired) electrons.